The minimum absolute atomic E-state index is 0.0277. The van der Waals surface area contributed by atoms with Crippen molar-refractivity contribution in [1.29, 1.82) is 0 Å². The van der Waals surface area contributed by atoms with Gasteiger partial charge in [0.1, 0.15) is 11.6 Å². The summed E-state index contributed by atoms with van der Waals surface area (Å²) in [6.07, 6.45) is 4.55. The molecule has 1 aliphatic rings. The van der Waals surface area contributed by atoms with Crippen LogP contribution >= 0.6 is 0 Å². The summed E-state index contributed by atoms with van der Waals surface area (Å²) in [5.41, 5.74) is 2.67. The van der Waals surface area contributed by atoms with Crippen molar-refractivity contribution < 1.29 is 4.74 Å². The Morgan fingerprint density at radius 3 is 2.79 bits per heavy atom. The molecule has 3 aromatic rings. The third-order valence-corrected chi connectivity index (χ3v) is 6.74. The number of fused-ring (bicyclic) bond motifs is 1. The van der Waals surface area contributed by atoms with Crippen LogP contribution in [0.2, 0.25) is 0 Å². The third kappa shape index (κ3) is 5.06. The minimum atomic E-state index is 0.0277. The molecule has 6 heteroatoms. The van der Waals surface area contributed by atoms with Gasteiger partial charge in [-0.05, 0) is 69.1 Å². The molecule has 0 amide bonds. The number of unbranched alkanes of at least 4 members (excludes halogenated alkanes) is 1. The van der Waals surface area contributed by atoms with Gasteiger partial charge in [-0.25, -0.2) is 4.98 Å². The summed E-state index contributed by atoms with van der Waals surface area (Å²) >= 11 is 0. The molecule has 1 aliphatic heterocycles. The summed E-state index contributed by atoms with van der Waals surface area (Å²) in [4.78, 5) is 23.5. The van der Waals surface area contributed by atoms with E-state index in [2.05, 4.69) is 36.9 Å². The number of methoxy groups -OCH3 is 1. The van der Waals surface area contributed by atoms with E-state index in [0.29, 0.717) is 23.7 Å². The van der Waals surface area contributed by atoms with E-state index in [1.54, 1.807) is 7.11 Å². The number of aromatic nitrogens is 2. The highest BCUT2D eigenvalue weighted by Gasteiger charge is 2.22. The van der Waals surface area contributed by atoms with Gasteiger partial charge in [0.25, 0.3) is 5.56 Å². The Morgan fingerprint density at radius 1 is 1.21 bits per heavy atom. The third-order valence-electron chi connectivity index (χ3n) is 6.74. The molecule has 1 unspecified atom stereocenters. The Kier molecular flexibility index (Phi) is 7.33. The van der Waals surface area contributed by atoms with Crippen LogP contribution < -0.4 is 15.2 Å². The predicted molar refractivity (Wildman–Crippen MR) is 136 cm³/mol. The second-order valence-corrected chi connectivity index (χ2v) is 9.30. The number of anilines is 1. The number of rotatable bonds is 8. The van der Waals surface area contributed by atoms with Crippen molar-refractivity contribution in [1.82, 2.24) is 14.5 Å². The van der Waals surface area contributed by atoms with Crippen LogP contribution in [0, 0.1) is 5.92 Å². The molecule has 4 rings (SSSR count). The summed E-state index contributed by atoms with van der Waals surface area (Å²) in [5.74, 6) is 1.84. The van der Waals surface area contributed by atoms with Crippen molar-refractivity contribution >= 4 is 16.6 Å². The van der Waals surface area contributed by atoms with Crippen molar-refractivity contribution in [3.8, 4) is 17.1 Å². The van der Waals surface area contributed by atoms with E-state index in [4.69, 9.17) is 9.72 Å². The molecule has 0 radical (unpaired) electrons. The first-order chi connectivity index (χ1) is 16.0. The lowest BCUT2D eigenvalue weighted by atomic mass is 9.98. The van der Waals surface area contributed by atoms with Crippen molar-refractivity contribution in [2.45, 2.75) is 39.2 Å². The van der Waals surface area contributed by atoms with Crippen LogP contribution in [0.1, 0.15) is 32.6 Å². The second-order valence-electron chi connectivity index (χ2n) is 9.30. The van der Waals surface area contributed by atoms with Crippen LogP contribution in [0.4, 0.5) is 5.69 Å². The number of hydrogen-bond donors (Lipinski definition) is 0. The maximum Gasteiger partial charge on any atom is 0.261 e. The molecule has 1 fully saturated rings. The molecule has 1 atom stereocenters. The fraction of sp³-hybridized carbons (Fsp3) is 0.481. The first kappa shape index (κ1) is 23.3. The van der Waals surface area contributed by atoms with Crippen molar-refractivity contribution in [3.63, 3.8) is 0 Å². The van der Waals surface area contributed by atoms with Crippen LogP contribution in [0.5, 0.6) is 5.75 Å². The van der Waals surface area contributed by atoms with E-state index in [-0.39, 0.29) is 5.56 Å². The molecule has 176 valence electrons. The standard InChI is InChI=1S/C27H36N4O2/c1-5-6-16-30(3)21-13-14-24-23(17-21)27(32)31(19-20-10-9-15-29(2)18-20)26(28-24)22-11-7-8-12-25(22)33-4/h7-8,11-14,17,20H,5-6,9-10,15-16,18-19H2,1-4H3. The van der Waals surface area contributed by atoms with Crippen LogP contribution in [0.15, 0.2) is 47.3 Å². The Morgan fingerprint density at radius 2 is 2.03 bits per heavy atom. The van der Waals surface area contributed by atoms with Crippen molar-refractivity contribution in [3.05, 3.63) is 52.8 Å². The number of likely N-dealkylation sites (tertiary alicyclic amines) is 1. The zero-order valence-electron chi connectivity index (χ0n) is 20.4. The molecule has 0 saturated carbocycles. The van der Waals surface area contributed by atoms with E-state index in [0.717, 1.165) is 67.8 Å². The highest BCUT2D eigenvalue weighted by molar-refractivity contribution is 5.84. The number of piperidine rings is 1. The average molecular weight is 449 g/mol. The fourth-order valence-electron chi connectivity index (χ4n) is 4.86. The van der Waals surface area contributed by atoms with Crippen molar-refractivity contribution in [2.75, 3.05) is 45.7 Å². The Labute approximate surface area is 196 Å². The average Bonchev–Trinajstić information content (AvgIpc) is 2.84. The summed E-state index contributed by atoms with van der Waals surface area (Å²) in [6, 6.07) is 13.9. The van der Waals surface area contributed by atoms with Gasteiger partial charge < -0.3 is 14.5 Å². The molecule has 2 heterocycles. The van der Waals surface area contributed by atoms with Gasteiger partial charge in [0.15, 0.2) is 0 Å². The van der Waals surface area contributed by atoms with E-state index >= 15 is 0 Å². The highest BCUT2D eigenvalue weighted by Crippen LogP contribution is 2.30. The van der Waals surface area contributed by atoms with Gasteiger partial charge in [0.05, 0.1) is 23.6 Å². The Hall–Kier alpha value is -2.86. The molecule has 0 aliphatic carbocycles. The maximum absolute atomic E-state index is 13.9. The van der Waals surface area contributed by atoms with Gasteiger partial charge in [0.2, 0.25) is 0 Å². The lowest BCUT2D eigenvalue weighted by molar-refractivity contribution is 0.194. The number of para-hydroxylation sites is 1. The molecule has 2 aromatic carbocycles. The molecule has 0 N–H and O–H groups in total. The van der Waals surface area contributed by atoms with Crippen LogP contribution in [0.25, 0.3) is 22.3 Å². The zero-order valence-corrected chi connectivity index (χ0v) is 20.4. The molecular formula is C27H36N4O2. The summed E-state index contributed by atoms with van der Waals surface area (Å²) in [6.45, 7) is 5.94. The van der Waals surface area contributed by atoms with Crippen LogP contribution in [0.3, 0.4) is 0 Å². The lowest BCUT2D eigenvalue weighted by Crippen LogP contribution is -2.36. The summed E-state index contributed by atoms with van der Waals surface area (Å²) < 4.78 is 7.52. The fourth-order valence-corrected chi connectivity index (χ4v) is 4.86. The SMILES string of the molecule is CCCCN(C)c1ccc2nc(-c3ccccc3OC)n(CC3CCCN(C)C3)c(=O)c2c1. The Balaban J connectivity index is 1.85. The first-order valence-electron chi connectivity index (χ1n) is 12.1. The highest BCUT2D eigenvalue weighted by atomic mass is 16.5. The van der Waals surface area contributed by atoms with E-state index in [1.807, 2.05) is 41.0 Å². The molecular weight excluding hydrogens is 412 g/mol. The van der Waals surface area contributed by atoms with Gasteiger partial charge >= 0.3 is 0 Å². The molecule has 6 nitrogen and oxygen atoms in total. The molecule has 1 aromatic heterocycles. The maximum atomic E-state index is 13.9. The molecule has 33 heavy (non-hydrogen) atoms. The molecule has 0 bridgehead atoms. The minimum Gasteiger partial charge on any atom is -0.496 e. The monoisotopic (exact) mass is 448 g/mol. The Bertz CT molecular complexity index is 1160. The number of nitrogens with zero attached hydrogens (tertiary/aromatic N) is 4. The number of hydrogen-bond acceptors (Lipinski definition) is 5. The van der Waals surface area contributed by atoms with E-state index in [1.165, 1.54) is 0 Å². The quantitative estimate of drug-likeness (QED) is 0.502. The van der Waals surface area contributed by atoms with Gasteiger partial charge in [-0.3, -0.25) is 9.36 Å². The predicted octanol–water partition coefficient (Wildman–Crippen LogP) is 4.65. The smallest absolute Gasteiger partial charge is 0.261 e. The summed E-state index contributed by atoms with van der Waals surface area (Å²) in [7, 11) is 5.91. The largest absolute Gasteiger partial charge is 0.496 e. The number of ether oxygens (including phenoxy) is 1. The topological polar surface area (TPSA) is 50.6 Å². The van der Waals surface area contributed by atoms with Gasteiger partial charge in [-0.2, -0.15) is 0 Å². The zero-order chi connectivity index (χ0) is 23.4. The second kappa shape index (κ2) is 10.4. The molecule has 0 spiro atoms. The van der Waals surface area contributed by atoms with E-state index < -0.39 is 0 Å². The first-order valence-corrected chi connectivity index (χ1v) is 12.1. The van der Waals surface area contributed by atoms with Gasteiger partial charge in [-0.1, -0.05) is 25.5 Å². The van der Waals surface area contributed by atoms with Gasteiger partial charge in [-0.15, -0.1) is 0 Å². The lowest BCUT2D eigenvalue weighted by Gasteiger charge is -2.30. The van der Waals surface area contributed by atoms with Crippen LogP contribution in [-0.2, 0) is 6.54 Å². The van der Waals surface area contributed by atoms with Crippen LogP contribution in [-0.4, -0.2) is 55.3 Å². The number of benzene rings is 2. The summed E-state index contributed by atoms with van der Waals surface area (Å²) in [5, 5.41) is 0.679. The van der Waals surface area contributed by atoms with E-state index in [9.17, 15) is 4.79 Å². The molecule has 1 saturated heterocycles. The van der Waals surface area contributed by atoms with Gasteiger partial charge in [0, 0.05) is 32.4 Å². The normalized spacial score (nSPS) is 16.8. The van der Waals surface area contributed by atoms with Crippen molar-refractivity contribution in [2.24, 2.45) is 5.92 Å².